The number of aliphatic hydroxyl groups is 1. The van der Waals surface area contributed by atoms with Gasteiger partial charge in [0.25, 0.3) is 0 Å². The lowest BCUT2D eigenvalue weighted by Gasteiger charge is -2.18. The van der Waals surface area contributed by atoms with Crippen molar-refractivity contribution in [2.75, 3.05) is 19.8 Å². The first-order valence-corrected chi connectivity index (χ1v) is 19.9. The van der Waals surface area contributed by atoms with Gasteiger partial charge in [-0.3, -0.25) is 18.6 Å². The molecule has 0 heterocycles. The molecule has 11 nitrogen and oxygen atoms in total. The Balaban J connectivity index is 3.93. The van der Waals surface area contributed by atoms with Crippen LogP contribution in [-0.4, -0.2) is 64.9 Å². The van der Waals surface area contributed by atoms with Crippen LogP contribution in [0, 0.1) is 0 Å². The molecule has 1 amide bonds. The third kappa shape index (κ3) is 31.2. The number of allylic oxidation sites excluding steroid dienone is 4. The zero-order valence-corrected chi connectivity index (χ0v) is 30.7. The number of aliphatic carboxylic acids is 1. The van der Waals surface area contributed by atoms with Crippen molar-refractivity contribution in [1.29, 1.82) is 0 Å². The highest BCUT2D eigenvalue weighted by molar-refractivity contribution is 7.47. The molecule has 0 aliphatic heterocycles. The molecule has 3 unspecified atom stereocenters. The molecule has 0 saturated heterocycles. The van der Waals surface area contributed by atoms with Gasteiger partial charge in [0.1, 0.15) is 12.7 Å². The second kappa shape index (κ2) is 32.2. The van der Waals surface area contributed by atoms with Crippen LogP contribution < -0.4 is 5.32 Å². The highest BCUT2D eigenvalue weighted by Crippen LogP contribution is 2.43. The number of carbonyl (C=O) groups is 3. The molecule has 48 heavy (non-hydrogen) atoms. The number of hydrogen-bond donors (Lipinski definition) is 4. The molecule has 0 rings (SSSR count). The number of phosphoric acid groups is 1. The van der Waals surface area contributed by atoms with E-state index in [-0.39, 0.29) is 12.8 Å². The Morgan fingerprint density at radius 2 is 1.15 bits per heavy atom. The van der Waals surface area contributed by atoms with E-state index in [1.165, 1.54) is 51.4 Å². The van der Waals surface area contributed by atoms with Crippen LogP contribution in [0.25, 0.3) is 0 Å². The first kappa shape index (κ1) is 46.0. The fourth-order valence-electron chi connectivity index (χ4n) is 4.81. The average molecular weight is 704 g/mol. The fourth-order valence-corrected chi connectivity index (χ4v) is 5.59. The van der Waals surface area contributed by atoms with Gasteiger partial charge in [-0.15, -0.1) is 0 Å². The van der Waals surface area contributed by atoms with Crippen molar-refractivity contribution < 1.29 is 47.8 Å². The number of carboxylic acid groups (broad SMARTS) is 1. The summed E-state index contributed by atoms with van der Waals surface area (Å²) in [6, 6.07) is -1.54. The van der Waals surface area contributed by atoms with Gasteiger partial charge in [-0.25, -0.2) is 9.36 Å². The molecular weight excluding hydrogens is 637 g/mol. The predicted molar refractivity (Wildman–Crippen MR) is 189 cm³/mol. The van der Waals surface area contributed by atoms with E-state index in [0.717, 1.165) is 64.2 Å². The number of phosphoric ester groups is 1. The zero-order valence-electron chi connectivity index (χ0n) is 29.8. The maximum Gasteiger partial charge on any atom is 0.472 e. The molecule has 0 aromatic heterocycles. The molecular formula is C36H66NO10P. The molecule has 0 aromatic carbocycles. The van der Waals surface area contributed by atoms with Crippen molar-refractivity contribution >= 4 is 25.7 Å². The zero-order chi connectivity index (χ0) is 35.7. The first-order valence-electron chi connectivity index (χ1n) is 18.4. The molecule has 3 atom stereocenters. The normalized spacial score (nSPS) is 14.2. The second-order valence-corrected chi connectivity index (χ2v) is 13.9. The largest absolute Gasteiger partial charge is 0.480 e. The number of carboxylic acids is 1. The Morgan fingerprint density at radius 3 is 1.73 bits per heavy atom. The van der Waals surface area contributed by atoms with E-state index >= 15 is 0 Å². The Morgan fingerprint density at radius 1 is 0.667 bits per heavy atom. The molecule has 4 N–H and O–H groups in total. The van der Waals surface area contributed by atoms with E-state index in [1.54, 1.807) is 0 Å². The van der Waals surface area contributed by atoms with E-state index in [2.05, 4.69) is 43.5 Å². The third-order valence-corrected chi connectivity index (χ3v) is 8.69. The summed E-state index contributed by atoms with van der Waals surface area (Å²) in [5, 5.41) is 21.6. The third-order valence-electron chi connectivity index (χ3n) is 7.74. The van der Waals surface area contributed by atoms with Crippen molar-refractivity contribution in [3.8, 4) is 0 Å². The van der Waals surface area contributed by atoms with E-state index in [1.807, 2.05) is 0 Å². The van der Waals surface area contributed by atoms with Crippen LogP contribution in [0.2, 0.25) is 0 Å². The number of unbranched alkanes of at least 4 members (excludes halogenated alkanes) is 16. The van der Waals surface area contributed by atoms with Crippen LogP contribution in [0.4, 0.5) is 0 Å². The van der Waals surface area contributed by atoms with E-state index in [4.69, 9.17) is 13.8 Å². The Bertz CT molecular complexity index is 926. The first-order chi connectivity index (χ1) is 23.1. The van der Waals surface area contributed by atoms with Gasteiger partial charge in [0, 0.05) is 12.8 Å². The highest BCUT2D eigenvalue weighted by Gasteiger charge is 2.28. The maximum atomic E-state index is 12.2. The predicted octanol–water partition coefficient (Wildman–Crippen LogP) is 8.33. The lowest BCUT2D eigenvalue weighted by atomic mass is 10.1. The molecule has 0 aliphatic rings. The van der Waals surface area contributed by atoms with Crippen molar-refractivity contribution in [2.45, 2.75) is 167 Å². The van der Waals surface area contributed by atoms with Crippen LogP contribution in [0.1, 0.15) is 155 Å². The molecule has 0 aliphatic carbocycles. The van der Waals surface area contributed by atoms with E-state index in [9.17, 15) is 34.1 Å². The standard InChI is InChI=1S/C36H66NO10P/c1-3-5-7-9-10-11-12-13-14-15-16-17-18-19-20-21-22-24-25-27-34(39)37-33(36(41)42)31-47-48(43,44)46-30-32(38)29-45-35(40)28-26-23-8-6-4-2/h10-11,13-14,32-33,38H,3-9,12,15-31H2,1-2H3,(H,37,39)(H,41,42)(H,43,44)/b11-10-,14-13-. The molecule has 0 aromatic rings. The van der Waals surface area contributed by atoms with E-state index in [0.29, 0.717) is 12.8 Å². The number of carbonyl (C=O) groups excluding carboxylic acids is 2. The quantitative estimate of drug-likeness (QED) is 0.0221. The minimum absolute atomic E-state index is 0.142. The number of amides is 1. The summed E-state index contributed by atoms with van der Waals surface area (Å²) >= 11 is 0. The Kier molecular flexibility index (Phi) is 30.8. The lowest BCUT2D eigenvalue weighted by Crippen LogP contribution is -2.43. The Hall–Kier alpha value is -2.04. The van der Waals surface area contributed by atoms with Gasteiger partial charge < -0.3 is 25.2 Å². The lowest BCUT2D eigenvalue weighted by molar-refractivity contribution is -0.147. The monoisotopic (exact) mass is 703 g/mol. The molecule has 0 fully saturated rings. The summed E-state index contributed by atoms with van der Waals surface area (Å²) in [7, 11) is -4.74. The van der Waals surface area contributed by atoms with Gasteiger partial charge in [0.15, 0.2) is 6.04 Å². The summed E-state index contributed by atoms with van der Waals surface area (Å²) in [6.07, 6.45) is 29.7. The van der Waals surface area contributed by atoms with Gasteiger partial charge >= 0.3 is 19.8 Å². The minimum atomic E-state index is -4.74. The van der Waals surface area contributed by atoms with Crippen LogP contribution in [0.3, 0.4) is 0 Å². The summed E-state index contributed by atoms with van der Waals surface area (Å²) in [5.74, 6) is -2.39. The maximum absolute atomic E-state index is 12.2. The summed E-state index contributed by atoms with van der Waals surface area (Å²) < 4.78 is 26.5. The van der Waals surface area contributed by atoms with Crippen LogP contribution in [-0.2, 0) is 32.7 Å². The van der Waals surface area contributed by atoms with Crippen molar-refractivity contribution in [2.24, 2.45) is 0 Å². The molecule has 12 heteroatoms. The van der Waals surface area contributed by atoms with Gasteiger partial charge in [0.2, 0.25) is 5.91 Å². The second-order valence-electron chi connectivity index (χ2n) is 12.4. The SMILES string of the molecule is CCCCC/C=C\C/C=C\CCCCCCCCCCCC(=O)NC(COP(=O)(O)OCC(O)COC(=O)CCCCCCC)C(=O)O. The van der Waals surface area contributed by atoms with Gasteiger partial charge in [-0.2, -0.15) is 0 Å². The van der Waals surface area contributed by atoms with Crippen molar-refractivity contribution in [3.63, 3.8) is 0 Å². The van der Waals surface area contributed by atoms with Gasteiger partial charge in [-0.1, -0.05) is 122 Å². The van der Waals surface area contributed by atoms with Gasteiger partial charge in [0.05, 0.1) is 13.2 Å². The molecule has 280 valence electrons. The number of rotatable bonds is 34. The average Bonchev–Trinajstić information content (AvgIpc) is 3.05. The molecule has 0 spiro atoms. The number of ether oxygens (including phenoxy) is 1. The Labute approximate surface area is 289 Å². The smallest absolute Gasteiger partial charge is 0.472 e. The summed E-state index contributed by atoms with van der Waals surface area (Å²) in [6.45, 7) is 2.43. The highest BCUT2D eigenvalue weighted by atomic mass is 31.2. The van der Waals surface area contributed by atoms with Gasteiger partial charge in [-0.05, 0) is 44.9 Å². The van der Waals surface area contributed by atoms with Crippen LogP contribution in [0.15, 0.2) is 24.3 Å². The molecule has 0 radical (unpaired) electrons. The summed E-state index contributed by atoms with van der Waals surface area (Å²) in [5.41, 5.74) is 0. The number of hydrogen-bond acceptors (Lipinski definition) is 8. The molecule has 0 bridgehead atoms. The minimum Gasteiger partial charge on any atom is -0.480 e. The van der Waals surface area contributed by atoms with Crippen molar-refractivity contribution in [1.82, 2.24) is 5.32 Å². The van der Waals surface area contributed by atoms with Crippen molar-refractivity contribution in [3.05, 3.63) is 24.3 Å². The molecule has 0 saturated carbocycles. The number of aliphatic hydroxyl groups excluding tert-OH is 1. The summed E-state index contributed by atoms with van der Waals surface area (Å²) in [4.78, 5) is 45.4. The number of nitrogens with one attached hydrogen (secondary N) is 1. The fraction of sp³-hybridized carbons (Fsp3) is 0.806. The van der Waals surface area contributed by atoms with E-state index < -0.39 is 57.6 Å². The number of esters is 1. The van der Waals surface area contributed by atoms with Crippen LogP contribution >= 0.6 is 7.82 Å². The van der Waals surface area contributed by atoms with Crippen LogP contribution in [0.5, 0.6) is 0 Å². The topological polar surface area (TPSA) is 169 Å².